The monoisotopic (exact) mass is 361 g/mol. The summed E-state index contributed by atoms with van der Waals surface area (Å²) in [4.78, 5) is 2.90. The van der Waals surface area contributed by atoms with Gasteiger partial charge >= 0.3 is 0 Å². The molecule has 0 spiro atoms. The van der Waals surface area contributed by atoms with Crippen LogP contribution in [0.3, 0.4) is 0 Å². The van der Waals surface area contributed by atoms with Crippen molar-refractivity contribution < 1.29 is 8.42 Å². The van der Waals surface area contributed by atoms with Gasteiger partial charge < -0.3 is 4.90 Å². The van der Waals surface area contributed by atoms with E-state index in [0.29, 0.717) is 9.79 Å². The Balaban J connectivity index is 2.00. The Morgan fingerprint density at radius 1 is 0.917 bits per heavy atom. The number of benzene rings is 2. The summed E-state index contributed by atoms with van der Waals surface area (Å²) in [6, 6.07) is 18.6. The van der Waals surface area contributed by atoms with Crippen LogP contribution in [0.5, 0.6) is 0 Å². The second-order valence-electron chi connectivity index (χ2n) is 6.15. The molecule has 0 amide bonds. The first-order valence-corrected chi connectivity index (χ1v) is 12.2. The first-order chi connectivity index (χ1) is 11.6. The quantitative estimate of drug-likeness (QED) is 0.504. The first kappa shape index (κ1) is 18.7. The predicted molar refractivity (Wildman–Crippen MR) is 105 cm³/mol. The zero-order chi connectivity index (χ0) is 17.4. The summed E-state index contributed by atoms with van der Waals surface area (Å²) < 4.78 is 25.2. The van der Waals surface area contributed by atoms with E-state index in [-0.39, 0.29) is 9.52 Å². The average Bonchev–Trinajstić information content (AvgIpc) is 2.62. The highest BCUT2D eigenvalue weighted by Gasteiger charge is 2.17. The molecule has 5 heteroatoms. The van der Waals surface area contributed by atoms with Gasteiger partial charge in [-0.25, -0.2) is 8.42 Å². The van der Waals surface area contributed by atoms with Crippen molar-refractivity contribution in [1.29, 1.82) is 0 Å². The summed E-state index contributed by atoms with van der Waals surface area (Å²) >= 11 is 0. The molecule has 0 aromatic heterocycles. The van der Waals surface area contributed by atoms with Crippen LogP contribution in [-0.4, -0.2) is 31.5 Å². The molecule has 0 heterocycles. The summed E-state index contributed by atoms with van der Waals surface area (Å²) in [5.41, 5.74) is 1.07. The molecular weight excluding hydrogens is 334 g/mol. The summed E-state index contributed by atoms with van der Waals surface area (Å²) in [7, 11) is -1.22. The van der Waals surface area contributed by atoms with Crippen LogP contribution < -0.4 is 4.90 Å². The summed E-state index contributed by atoms with van der Waals surface area (Å²) in [6.07, 6.45) is 2.55. The van der Waals surface area contributed by atoms with Crippen molar-refractivity contribution in [1.82, 2.24) is 0 Å². The molecule has 0 atom stereocenters. The topological polar surface area (TPSA) is 37.4 Å². The van der Waals surface area contributed by atoms with E-state index >= 15 is 0 Å². The minimum Gasteiger partial charge on any atom is -0.375 e. The van der Waals surface area contributed by atoms with Gasteiger partial charge in [0.2, 0.25) is 9.84 Å². The standard InChI is InChI=1S/C19H27NO2SSi/c1-3-15-24-16-7-14-20(2)17-10-12-19(13-11-17)23(21,22)18-8-5-4-6-9-18/h4-6,8-13H,3,7,14-16,24H2,1-2H3. The number of nitrogens with zero attached hydrogens (tertiary/aromatic N) is 1. The lowest BCUT2D eigenvalue weighted by molar-refractivity contribution is 0.596. The molecule has 24 heavy (non-hydrogen) atoms. The minimum absolute atomic E-state index is 0.128. The number of hydrogen-bond donors (Lipinski definition) is 0. The molecule has 0 aliphatic heterocycles. The van der Waals surface area contributed by atoms with Crippen molar-refractivity contribution in [2.75, 3.05) is 18.5 Å². The minimum atomic E-state index is -3.42. The third-order valence-corrected chi connectivity index (χ3v) is 8.23. The maximum atomic E-state index is 12.6. The van der Waals surface area contributed by atoms with Gasteiger partial charge in [0.25, 0.3) is 0 Å². The van der Waals surface area contributed by atoms with Gasteiger partial charge in [-0.3, -0.25) is 0 Å². The van der Waals surface area contributed by atoms with Crippen LogP contribution in [0.2, 0.25) is 12.1 Å². The second-order valence-corrected chi connectivity index (χ2v) is 10.2. The lowest BCUT2D eigenvalue weighted by atomic mass is 10.3. The third kappa shape index (κ3) is 4.95. The Morgan fingerprint density at radius 2 is 1.54 bits per heavy atom. The van der Waals surface area contributed by atoms with E-state index in [0.717, 1.165) is 12.2 Å². The number of rotatable bonds is 9. The average molecular weight is 362 g/mol. The van der Waals surface area contributed by atoms with Crippen molar-refractivity contribution in [2.24, 2.45) is 0 Å². The molecule has 0 fully saturated rings. The van der Waals surface area contributed by atoms with E-state index in [9.17, 15) is 8.42 Å². The van der Waals surface area contributed by atoms with Gasteiger partial charge in [-0.2, -0.15) is 0 Å². The number of sulfone groups is 1. The molecule has 0 saturated carbocycles. The van der Waals surface area contributed by atoms with Gasteiger partial charge in [0, 0.05) is 28.8 Å². The molecular formula is C19H27NO2SSi. The summed E-state index contributed by atoms with van der Waals surface area (Å²) in [5.74, 6) is 0. The molecule has 0 saturated heterocycles. The highest BCUT2D eigenvalue weighted by Crippen LogP contribution is 2.23. The highest BCUT2D eigenvalue weighted by molar-refractivity contribution is 7.91. The van der Waals surface area contributed by atoms with Crippen LogP contribution in [0.1, 0.15) is 19.8 Å². The van der Waals surface area contributed by atoms with E-state index in [2.05, 4.69) is 18.9 Å². The van der Waals surface area contributed by atoms with Crippen LogP contribution in [0.15, 0.2) is 64.4 Å². The van der Waals surface area contributed by atoms with Crippen molar-refractivity contribution in [3.05, 3.63) is 54.6 Å². The molecule has 0 N–H and O–H groups in total. The molecule has 0 radical (unpaired) electrons. The largest absolute Gasteiger partial charge is 0.375 e. The van der Waals surface area contributed by atoms with E-state index in [4.69, 9.17) is 0 Å². The van der Waals surface area contributed by atoms with E-state index in [1.54, 1.807) is 36.4 Å². The van der Waals surface area contributed by atoms with Gasteiger partial charge in [0.15, 0.2) is 0 Å². The van der Waals surface area contributed by atoms with Crippen molar-refractivity contribution in [3.63, 3.8) is 0 Å². The van der Waals surface area contributed by atoms with Crippen LogP contribution in [-0.2, 0) is 9.84 Å². The lowest BCUT2D eigenvalue weighted by Crippen LogP contribution is -2.18. The first-order valence-electron chi connectivity index (χ1n) is 8.67. The van der Waals surface area contributed by atoms with Crippen molar-refractivity contribution >= 4 is 25.0 Å². The van der Waals surface area contributed by atoms with Gasteiger partial charge in [-0.05, 0) is 42.8 Å². The molecule has 2 aromatic rings. The molecule has 0 aliphatic rings. The van der Waals surface area contributed by atoms with E-state index < -0.39 is 9.84 Å². The Labute approximate surface area is 148 Å². The second kappa shape index (κ2) is 9.04. The van der Waals surface area contributed by atoms with Gasteiger partial charge in [0.05, 0.1) is 9.79 Å². The van der Waals surface area contributed by atoms with Crippen LogP contribution in [0.4, 0.5) is 5.69 Å². The maximum absolute atomic E-state index is 12.6. The normalized spacial score (nSPS) is 11.9. The molecule has 0 unspecified atom stereocenters. The van der Waals surface area contributed by atoms with E-state index in [1.807, 2.05) is 18.2 Å². The zero-order valence-electron chi connectivity index (χ0n) is 14.6. The SMILES string of the molecule is CCC[SiH2]CCCN(C)c1ccc(S(=O)(=O)c2ccccc2)cc1. The molecule has 2 aromatic carbocycles. The Bertz CT molecular complexity index is 715. The summed E-state index contributed by atoms with van der Waals surface area (Å²) in [6.45, 7) is 3.28. The summed E-state index contributed by atoms with van der Waals surface area (Å²) in [5, 5.41) is 0. The fraction of sp³-hybridized carbons (Fsp3) is 0.368. The number of hydrogen-bond acceptors (Lipinski definition) is 3. The van der Waals surface area contributed by atoms with Gasteiger partial charge in [0.1, 0.15) is 0 Å². The van der Waals surface area contributed by atoms with E-state index in [1.165, 1.54) is 24.9 Å². The maximum Gasteiger partial charge on any atom is 0.206 e. The lowest BCUT2D eigenvalue weighted by Gasteiger charge is -2.19. The Hall–Kier alpha value is -1.59. The smallest absolute Gasteiger partial charge is 0.206 e. The fourth-order valence-electron chi connectivity index (χ4n) is 2.70. The molecule has 3 nitrogen and oxygen atoms in total. The van der Waals surface area contributed by atoms with Gasteiger partial charge in [-0.15, -0.1) is 0 Å². The zero-order valence-corrected chi connectivity index (χ0v) is 16.8. The molecule has 2 rings (SSSR count). The molecule has 0 aliphatic carbocycles. The Kier molecular flexibility index (Phi) is 7.06. The van der Waals surface area contributed by atoms with Crippen LogP contribution in [0, 0.1) is 0 Å². The van der Waals surface area contributed by atoms with Crippen LogP contribution >= 0.6 is 0 Å². The van der Waals surface area contributed by atoms with Crippen molar-refractivity contribution in [3.8, 4) is 0 Å². The third-order valence-electron chi connectivity index (χ3n) is 4.24. The van der Waals surface area contributed by atoms with Crippen LogP contribution in [0.25, 0.3) is 0 Å². The molecule has 0 bridgehead atoms. The highest BCUT2D eigenvalue weighted by atomic mass is 32.2. The Morgan fingerprint density at radius 3 is 2.17 bits per heavy atom. The fourth-order valence-corrected chi connectivity index (χ4v) is 5.41. The number of anilines is 1. The van der Waals surface area contributed by atoms with Crippen molar-refractivity contribution in [2.45, 2.75) is 41.6 Å². The molecule has 130 valence electrons. The predicted octanol–water partition coefficient (Wildman–Crippen LogP) is 3.76. The van der Waals surface area contributed by atoms with Gasteiger partial charge in [-0.1, -0.05) is 43.6 Å².